The SMILES string of the molecule is Cc1cccc(-n2c(=O)c3sccc3n(CC(=O)N3CCCC3)c2=O)c1C. The summed E-state index contributed by atoms with van der Waals surface area (Å²) in [7, 11) is 0. The van der Waals surface area contributed by atoms with E-state index in [1.807, 2.05) is 26.0 Å². The van der Waals surface area contributed by atoms with Crippen molar-refractivity contribution < 1.29 is 4.79 Å². The maximum absolute atomic E-state index is 13.3. The number of aryl methyl sites for hydroxylation is 1. The Morgan fingerprint density at radius 1 is 1.11 bits per heavy atom. The van der Waals surface area contributed by atoms with Gasteiger partial charge in [0.15, 0.2) is 0 Å². The molecule has 0 radical (unpaired) electrons. The third-order valence-corrected chi connectivity index (χ3v) is 6.22. The Labute approximate surface area is 160 Å². The van der Waals surface area contributed by atoms with Crippen LogP contribution < -0.4 is 11.2 Å². The number of benzene rings is 1. The molecule has 2 aromatic heterocycles. The maximum Gasteiger partial charge on any atom is 0.336 e. The average molecular weight is 383 g/mol. The van der Waals surface area contributed by atoms with Crippen LogP contribution in [0.15, 0.2) is 39.2 Å². The molecule has 4 rings (SSSR count). The second kappa shape index (κ2) is 6.81. The number of hydrogen-bond acceptors (Lipinski definition) is 4. The van der Waals surface area contributed by atoms with Crippen molar-refractivity contribution in [3.63, 3.8) is 0 Å². The van der Waals surface area contributed by atoms with E-state index >= 15 is 0 Å². The molecular formula is C20H21N3O3S. The molecule has 1 aliphatic heterocycles. The van der Waals surface area contributed by atoms with Gasteiger partial charge in [0.1, 0.15) is 11.2 Å². The summed E-state index contributed by atoms with van der Waals surface area (Å²) in [4.78, 5) is 40.8. The fourth-order valence-electron chi connectivity index (χ4n) is 3.63. The zero-order valence-corrected chi connectivity index (χ0v) is 16.2. The van der Waals surface area contributed by atoms with Crippen molar-refractivity contribution in [3.8, 4) is 5.69 Å². The number of thiophene rings is 1. The Bertz CT molecular complexity index is 1150. The van der Waals surface area contributed by atoms with Crippen LogP contribution in [0.3, 0.4) is 0 Å². The summed E-state index contributed by atoms with van der Waals surface area (Å²) in [6.45, 7) is 5.27. The smallest absolute Gasteiger partial charge is 0.336 e. The quantitative estimate of drug-likeness (QED) is 0.698. The topological polar surface area (TPSA) is 64.3 Å². The Morgan fingerprint density at radius 2 is 1.85 bits per heavy atom. The predicted molar refractivity (Wildman–Crippen MR) is 107 cm³/mol. The summed E-state index contributed by atoms with van der Waals surface area (Å²) >= 11 is 1.30. The van der Waals surface area contributed by atoms with E-state index < -0.39 is 5.69 Å². The van der Waals surface area contributed by atoms with E-state index in [-0.39, 0.29) is 18.0 Å². The molecule has 140 valence electrons. The first-order valence-electron chi connectivity index (χ1n) is 9.06. The van der Waals surface area contributed by atoms with Gasteiger partial charge in [-0.05, 0) is 55.3 Å². The van der Waals surface area contributed by atoms with Crippen molar-refractivity contribution in [2.24, 2.45) is 0 Å². The number of rotatable bonds is 3. The molecule has 1 saturated heterocycles. The van der Waals surface area contributed by atoms with E-state index in [1.54, 1.807) is 22.4 Å². The molecular weight excluding hydrogens is 362 g/mol. The van der Waals surface area contributed by atoms with Crippen LogP contribution in [0.5, 0.6) is 0 Å². The van der Waals surface area contributed by atoms with Gasteiger partial charge in [0.2, 0.25) is 5.91 Å². The van der Waals surface area contributed by atoms with Crippen molar-refractivity contribution in [1.82, 2.24) is 14.0 Å². The molecule has 0 aliphatic carbocycles. The first-order valence-corrected chi connectivity index (χ1v) is 9.94. The van der Waals surface area contributed by atoms with Crippen molar-refractivity contribution >= 4 is 27.5 Å². The molecule has 0 N–H and O–H groups in total. The van der Waals surface area contributed by atoms with Crippen LogP contribution in [-0.2, 0) is 11.3 Å². The van der Waals surface area contributed by atoms with Crippen LogP contribution in [0.1, 0.15) is 24.0 Å². The second-order valence-electron chi connectivity index (χ2n) is 6.95. The number of fused-ring (bicyclic) bond motifs is 1. The highest BCUT2D eigenvalue weighted by Gasteiger charge is 2.22. The molecule has 3 heterocycles. The van der Waals surface area contributed by atoms with Crippen molar-refractivity contribution in [2.75, 3.05) is 13.1 Å². The fourth-order valence-corrected chi connectivity index (χ4v) is 4.46. The third-order valence-electron chi connectivity index (χ3n) is 5.32. The lowest BCUT2D eigenvalue weighted by atomic mass is 10.1. The van der Waals surface area contributed by atoms with Gasteiger partial charge in [-0.3, -0.25) is 14.2 Å². The van der Waals surface area contributed by atoms with Crippen LogP contribution in [-0.4, -0.2) is 33.0 Å². The second-order valence-corrected chi connectivity index (χ2v) is 7.87. The largest absolute Gasteiger partial charge is 0.341 e. The number of aromatic nitrogens is 2. The summed E-state index contributed by atoms with van der Waals surface area (Å²) in [5.41, 5.74) is 2.19. The lowest BCUT2D eigenvalue weighted by Gasteiger charge is -2.18. The van der Waals surface area contributed by atoms with Gasteiger partial charge in [0, 0.05) is 13.1 Å². The Balaban J connectivity index is 1.93. The molecule has 27 heavy (non-hydrogen) atoms. The predicted octanol–water partition coefficient (Wildman–Crippen LogP) is 2.45. The highest BCUT2D eigenvalue weighted by Crippen LogP contribution is 2.19. The van der Waals surface area contributed by atoms with Crippen LogP contribution in [0.25, 0.3) is 15.9 Å². The zero-order chi connectivity index (χ0) is 19.1. The molecule has 0 unspecified atom stereocenters. The first kappa shape index (κ1) is 17.7. The molecule has 3 aromatic rings. The van der Waals surface area contributed by atoms with Crippen LogP contribution in [0, 0.1) is 13.8 Å². The highest BCUT2D eigenvalue weighted by molar-refractivity contribution is 7.17. The van der Waals surface area contributed by atoms with Gasteiger partial charge >= 0.3 is 5.69 Å². The number of carbonyl (C=O) groups excluding carboxylic acids is 1. The molecule has 1 aromatic carbocycles. The van der Waals surface area contributed by atoms with E-state index in [9.17, 15) is 14.4 Å². The van der Waals surface area contributed by atoms with E-state index in [0.29, 0.717) is 15.9 Å². The van der Waals surface area contributed by atoms with Gasteiger partial charge < -0.3 is 4.90 Å². The normalized spacial score (nSPS) is 14.2. The Hall–Kier alpha value is -2.67. The minimum absolute atomic E-state index is 0.0444. The van der Waals surface area contributed by atoms with Gasteiger partial charge in [0.05, 0.1) is 11.2 Å². The summed E-state index contributed by atoms with van der Waals surface area (Å²) in [6, 6.07) is 7.30. The molecule has 0 bridgehead atoms. The average Bonchev–Trinajstić information content (AvgIpc) is 3.34. The fraction of sp³-hybridized carbons (Fsp3) is 0.350. The molecule has 7 heteroatoms. The van der Waals surface area contributed by atoms with Gasteiger partial charge in [-0.1, -0.05) is 12.1 Å². The molecule has 1 aliphatic rings. The van der Waals surface area contributed by atoms with E-state index in [1.165, 1.54) is 20.5 Å². The van der Waals surface area contributed by atoms with E-state index in [0.717, 1.165) is 37.1 Å². The van der Waals surface area contributed by atoms with Crippen LogP contribution in [0.4, 0.5) is 0 Å². The van der Waals surface area contributed by atoms with Crippen molar-refractivity contribution in [2.45, 2.75) is 33.2 Å². The number of carbonyl (C=O) groups is 1. The minimum Gasteiger partial charge on any atom is -0.341 e. The number of hydrogen-bond donors (Lipinski definition) is 0. The number of likely N-dealkylation sites (tertiary alicyclic amines) is 1. The van der Waals surface area contributed by atoms with Crippen LogP contribution >= 0.6 is 11.3 Å². The Kier molecular flexibility index (Phi) is 4.47. The lowest BCUT2D eigenvalue weighted by Crippen LogP contribution is -2.42. The molecule has 6 nitrogen and oxygen atoms in total. The lowest BCUT2D eigenvalue weighted by molar-refractivity contribution is -0.130. The number of amides is 1. The molecule has 0 saturated carbocycles. The molecule has 0 atom stereocenters. The van der Waals surface area contributed by atoms with Crippen molar-refractivity contribution in [1.29, 1.82) is 0 Å². The summed E-state index contributed by atoms with van der Waals surface area (Å²) in [5.74, 6) is -0.0757. The molecule has 1 amide bonds. The third kappa shape index (κ3) is 2.92. The van der Waals surface area contributed by atoms with Gasteiger partial charge in [0.25, 0.3) is 5.56 Å². The monoisotopic (exact) mass is 383 g/mol. The molecule has 0 spiro atoms. The molecule has 1 fully saturated rings. The Morgan fingerprint density at radius 3 is 2.59 bits per heavy atom. The maximum atomic E-state index is 13.3. The standard InChI is InChI=1S/C20H21N3O3S/c1-13-6-5-7-15(14(13)2)23-19(25)18-16(8-11-27-18)22(20(23)26)12-17(24)21-9-3-4-10-21/h5-8,11H,3-4,9-10,12H2,1-2H3. The van der Waals surface area contributed by atoms with Gasteiger partial charge in [-0.25, -0.2) is 9.36 Å². The van der Waals surface area contributed by atoms with E-state index in [2.05, 4.69) is 0 Å². The summed E-state index contributed by atoms with van der Waals surface area (Å²) < 4.78 is 3.14. The zero-order valence-electron chi connectivity index (χ0n) is 15.4. The minimum atomic E-state index is -0.466. The van der Waals surface area contributed by atoms with Gasteiger partial charge in [-0.2, -0.15) is 0 Å². The number of nitrogens with zero attached hydrogens (tertiary/aromatic N) is 3. The first-order chi connectivity index (χ1) is 13.0. The summed E-state index contributed by atoms with van der Waals surface area (Å²) in [6.07, 6.45) is 1.99. The summed E-state index contributed by atoms with van der Waals surface area (Å²) in [5, 5.41) is 1.79. The van der Waals surface area contributed by atoms with Crippen LogP contribution in [0.2, 0.25) is 0 Å². The highest BCUT2D eigenvalue weighted by atomic mass is 32.1. The van der Waals surface area contributed by atoms with E-state index in [4.69, 9.17) is 0 Å². The van der Waals surface area contributed by atoms with Gasteiger partial charge in [-0.15, -0.1) is 11.3 Å². The van der Waals surface area contributed by atoms with Crippen molar-refractivity contribution in [3.05, 3.63) is 61.6 Å².